The van der Waals surface area contributed by atoms with Crippen LogP contribution in [0.15, 0.2) is 10.2 Å². The standard InChI is InChI=1S/C3H4N10/c4-1-7-2(10-12-5)9-3(8-1)11-13-6/h5-6H,(H2,4,7,8,9)/q+2. The van der Waals surface area contributed by atoms with Crippen LogP contribution >= 0.6 is 0 Å². The fourth-order valence-electron chi connectivity index (χ4n) is 0.548. The van der Waals surface area contributed by atoms with Gasteiger partial charge < -0.3 is 5.73 Å². The van der Waals surface area contributed by atoms with Crippen LogP contribution in [0.25, 0.3) is 0 Å². The summed E-state index contributed by atoms with van der Waals surface area (Å²) in [5.41, 5.74) is 18.1. The van der Waals surface area contributed by atoms with Crippen LogP contribution in [-0.2, 0) is 0 Å². The molecular weight excluding hydrogens is 176 g/mol. The summed E-state index contributed by atoms with van der Waals surface area (Å²) in [7, 11) is 0. The number of hydrogen-bond acceptors (Lipinski definition) is 8. The second kappa shape index (κ2) is 3.72. The van der Waals surface area contributed by atoms with Gasteiger partial charge in [0.1, 0.15) is 11.1 Å². The van der Waals surface area contributed by atoms with Crippen LogP contribution < -0.4 is 15.6 Å². The molecule has 13 heavy (non-hydrogen) atoms. The van der Waals surface area contributed by atoms with Crippen LogP contribution in [0.5, 0.6) is 0 Å². The van der Waals surface area contributed by atoms with E-state index in [0.717, 1.165) is 0 Å². The van der Waals surface area contributed by atoms with Gasteiger partial charge in [-0.15, -0.1) is 0 Å². The molecule has 0 aromatic carbocycles. The minimum absolute atomic E-state index is 0.125. The van der Waals surface area contributed by atoms with Crippen LogP contribution in [-0.4, -0.2) is 15.0 Å². The highest BCUT2D eigenvalue weighted by atomic mass is 15.3. The van der Waals surface area contributed by atoms with Gasteiger partial charge in [-0.25, -0.2) is 0 Å². The third kappa shape index (κ3) is 2.19. The summed E-state index contributed by atoms with van der Waals surface area (Å²) in [6, 6.07) is 0. The predicted molar refractivity (Wildman–Crippen MR) is 38.1 cm³/mol. The van der Waals surface area contributed by atoms with Crippen molar-refractivity contribution in [3.8, 4) is 0 Å². The molecule has 0 aliphatic carbocycles. The average Bonchev–Trinajstić information content (AvgIpc) is 2.04. The first-order valence-electron chi connectivity index (χ1n) is 2.92. The number of nitrogens with zero attached hydrogens (tertiary/aromatic N) is 7. The average molecular weight is 180 g/mol. The lowest BCUT2D eigenvalue weighted by Crippen LogP contribution is -1.96. The van der Waals surface area contributed by atoms with Gasteiger partial charge in [-0.2, -0.15) is 15.0 Å². The zero-order valence-electron chi connectivity index (χ0n) is 6.21. The number of rotatable bonds is 2. The third-order valence-electron chi connectivity index (χ3n) is 0.908. The Morgan fingerprint density at radius 1 is 1.00 bits per heavy atom. The Morgan fingerprint density at radius 3 is 1.85 bits per heavy atom. The van der Waals surface area contributed by atoms with E-state index >= 15 is 0 Å². The Hall–Kier alpha value is -2.57. The second-order valence-corrected chi connectivity index (χ2v) is 1.69. The van der Waals surface area contributed by atoms with E-state index in [1.54, 1.807) is 0 Å². The SMILES string of the molecule is N=[N+]=Nc1nc(N)nc(N=[N+]=N)n1. The third-order valence-corrected chi connectivity index (χ3v) is 0.908. The quantitative estimate of drug-likeness (QED) is 0.424. The fourth-order valence-corrected chi connectivity index (χ4v) is 0.548. The van der Waals surface area contributed by atoms with Crippen molar-refractivity contribution in [2.24, 2.45) is 10.2 Å². The summed E-state index contributed by atoms with van der Waals surface area (Å²) in [5, 5.41) is 6.39. The van der Waals surface area contributed by atoms with E-state index in [2.05, 4.69) is 35.0 Å². The van der Waals surface area contributed by atoms with Crippen molar-refractivity contribution in [3.05, 3.63) is 0 Å². The van der Waals surface area contributed by atoms with Gasteiger partial charge in [0.2, 0.25) is 15.8 Å². The lowest BCUT2D eigenvalue weighted by atomic mass is 10.8. The monoisotopic (exact) mass is 180 g/mol. The van der Waals surface area contributed by atoms with E-state index in [-0.39, 0.29) is 17.8 Å². The molecule has 0 aliphatic heterocycles. The molecule has 0 radical (unpaired) electrons. The Bertz CT molecular complexity index is 372. The molecule has 0 atom stereocenters. The van der Waals surface area contributed by atoms with Gasteiger partial charge in [-0.1, -0.05) is 0 Å². The van der Waals surface area contributed by atoms with Crippen LogP contribution in [0.2, 0.25) is 0 Å². The number of anilines is 1. The van der Waals surface area contributed by atoms with E-state index in [1.807, 2.05) is 0 Å². The molecule has 0 bridgehead atoms. The molecule has 1 aromatic heterocycles. The van der Waals surface area contributed by atoms with Gasteiger partial charge in [0.25, 0.3) is 0 Å². The molecule has 4 N–H and O–H groups in total. The van der Waals surface area contributed by atoms with Gasteiger partial charge in [0.15, 0.2) is 10.2 Å². The summed E-state index contributed by atoms with van der Waals surface area (Å²) in [6.07, 6.45) is 0. The zero-order chi connectivity index (χ0) is 9.68. The summed E-state index contributed by atoms with van der Waals surface area (Å²) in [4.78, 5) is 16.0. The molecule has 10 heteroatoms. The largest absolute Gasteiger partial charge is 0.368 e. The van der Waals surface area contributed by atoms with Crippen LogP contribution in [0.4, 0.5) is 17.8 Å². The maximum Gasteiger partial charge on any atom is 0.343 e. The molecule has 64 valence electrons. The molecular formula is C3H4N10+2. The number of nitrogen functional groups attached to an aromatic ring is 1. The normalized spacial score (nSPS) is 8.31. The molecule has 1 heterocycles. The lowest BCUT2D eigenvalue weighted by molar-refractivity contribution is 0.900. The predicted octanol–water partition coefficient (Wildman–Crippen LogP) is -0.182. The minimum atomic E-state index is -0.148. The van der Waals surface area contributed by atoms with E-state index < -0.39 is 0 Å². The highest BCUT2D eigenvalue weighted by Gasteiger charge is 2.09. The van der Waals surface area contributed by atoms with E-state index in [0.29, 0.717) is 0 Å². The first-order valence-corrected chi connectivity index (χ1v) is 2.92. The van der Waals surface area contributed by atoms with Gasteiger partial charge in [-0.05, 0) is 0 Å². The molecule has 0 unspecified atom stereocenters. The molecule has 0 spiro atoms. The molecule has 10 nitrogen and oxygen atoms in total. The first-order chi connectivity index (χ1) is 6.26. The zero-order valence-corrected chi connectivity index (χ0v) is 6.21. The Morgan fingerprint density at radius 2 is 1.46 bits per heavy atom. The minimum Gasteiger partial charge on any atom is -0.368 e. The van der Waals surface area contributed by atoms with E-state index in [1.165, 1.54) is 0 Å². The number of nitrogens with two attached hydrogens (primary N) is 1. The lowest BCUT2D eigenvalue weighted by Gasteiger charge is -1.87. The summed E-state index contributed by atoms with van der Waals surface area (Å²) in [5.74, 6) is -0.422. The van der Waals surface area contributed by atoms with Crippen molar-refractivity contribution in [1.29, 1.82) is 11.1 Å². The maximum absolute atomic E-state index is 6.41. The molecule has 0 amide bonds. The van der Waals surface area contributed by atoms with E-state index in [4.69, 9.17) is 16.8 Å². The van der Waals surface area contributed by atoms with Crippen molar-refractivity contribution < 1.29 is 0 Å². The number of aromatic nitrogens is 3. The molecule has 1 aromatic rings. The van der Waals surface area contributed by atoms with Gasteiger partial charge in [0.05, 0.1) is 0 Å². The molecule has 0 saturated heterocycles. The Kier molecular flexibility index (Phi) is 2.44. The van der Waals surface area contributed by atoms with Crippen molar-refractivity contribution >= 4 is 17.8 Å². The summed E-state index contributed by atoms with van der Waals surface area (Å²) in [6.45, 7) is 0. The molecule has 0 saturated carbocycles. The van der Waals surface area contributed by atoms with Crippen molar-refractivity contribution in [2.75, 3.05) is 5.73 Å². The number of hydrogen-bond donors (Lipinski definition) is 3. The van der Waals surface area contributed by atoms with Crippen LogP contribution in [0.1, 0.15) is 0 Å². The Balaban J connectivity index is 3.25. The van der Waals surface area contributed by atoms with Crippen molar-refractivity contribution in [3.63, 3.8) is 0 Å². The topological polar surface area (TPSA) is 165 Å². The highest BCUT2D eigenvalue weighted by Crippen LogP contribution is 2.09. The van der Waals surface area contributed by atoms with Gasteiger partial charge in [0, 0.05) is 0 Å². The molecule has 0 aliphatic rings. The Labute approximate surface area is 70.7 Å². The number of nitrogens with one attached hydrogen (secondary N) is 2. The molecule has 1 rings (SSSR count). The van der Waals surface area contributed by atoms with Crippen molar-refractivity contribution in [2.45, 2.75) is 0 Å². The van der Waals surface area contributed by atoms with E-state index in [9.17, 15) is 0 Å². The summed E-state index contributed by atoms with van der Waals surface area (Å²) < 4.78 is 0. The smallest absolute Gasteiger partial charge is 0.343 e. The summed E-state index contributed by atoms with van der Waals surface area (Å²) >= 11 is 0. The van der Waals surface area contributed by atoms with Crippen LogP contribution in [0.3, 0.4) is 0 Å². The van der Waals surface area contributed by atoms with Crippen LogP contribution in [0, 0.1) is 11.1 Å². The second-order valence-electron chi connectivity index (χ2n) is 1.69. The highest BCUT2D eigenvalue weighted by molar-refractivity contribution is 5.31. The van der Waals surface area contributed by atoms with Crippen molar-refractivity contribution in [1.82, 2.24) is 24.8 Å². The van der Waals surface area contributed by atoms with Gasteiger partial charge in [-0.3, -0.25) is 0 Å². The first kappa shape index (κ1) is 8.53. The maximum atomic E-state index is 6.41. The molecule has 0 fully saturated rings. The van der Waals surface area contributed by atoms with Gasteiger partial charge >= 0.3 is 11.9 Å². The fraction of sp³-hybridized carbons (Fsp3) is 0.